The number of benzene rings is 2. The molecule has 0 spiro atoms. The van der Waals surface area contributed by atoms with E-state index < -0.39 is 21.8 Å². The molecular weight excluding hydrogens is 534 g/mol. The van der Waals surface area contributed by atoms with E-state index in [0.717, 1.165) is 21.7 Å². The van der Waals surface area contributed by atoms with E-state index in [9.17, 15) is 22.0 Å². The minimum atomic E-state index is -4.03. The van der Waals surface area contributed by atoms with E-state index in [1.54, 1.807) is 29.2 Å². The molecule has 2 aromatic carbocycles. The van der Waals surface area contributed by atoms with Gasteiger partial charge in [0, 0.05) is 37.2 Å². The first kappa shape index (κ1) is 26.5. The number of hydrogen-bond acceptors (Lipinski definition) is 5. The summed E-state index contributed by atoms with van der Waals surface area (Å²) >= 11 is 3.37. The molecule has 0 bridgehead atoms. The van der Waals surface area contributed by atoms with Gasteiger partial charge >= 0.3 is 0 Å². The highest BCUT2D eigenvalue weighted by Crippen LogP contribution is 2.25. The van der Waals surface area contributed by atoms with Crippen molar-refractivity contribution in [2.45, 2.75) is 19.3 Å². The second-order valence-corrected chi connectivity index (χ2v) is 10.6. The van der Waals surface area contributed by atoms with E-state index in [2.05, 4.69) is 20.8 Å². The standard InChI is InChI=1S/C23H27BrF2N2O5S/c24-19-4-6-22(18(15-19)2-1-13-34(30,31)32)33-16-23(29)28-11-9-27(10-12-28)8-7-17-3-5-20(25)21(26)14-17/h3-6,14-15H,1-2,7-13,16H2,(H,30,31,32). The van der Waals surface area contributed by atoms with E-state index in [0.29, 0.717) is 51.3 Å². The number of nitrogens with zero attached hydrogens (tertiary/aromatic N) is 2. The van der Waals surface area contributed by atoms with Crippen LogP contribution >= 0.6 is 15.9 Å². The Bertz CT molecular complexity index is 1110. The monoisotopic (exact) mass is 560 g/mol. The van der Waals surface area contributed by atoms with Crippen LogP contribution in [0.3, 0.4) is 0 Å². The van der Waals surface area contributed by atoms with Crippen LogP contribution in [0.25, 0.3) is 0 Å². The van der Waals surface area contributed by atoms with E-state index in [-0.39, 0.29) is 24.7 Å². The molecule has 3 rings (SSSR count). The van der Waals surface area contributed by atoms with Gasteiger partial charge < -0.3 is 9.64 Å². The predicted octanol–water partition coefficient (Wildman–Crippen LogP) is 3.31. The molecule has 1 heterocycles. The van der Waals surface area contributed by atoms with Gasteiger partial charge in [0.15, 0.2) is 18.2 Å². The molecule has 0 unspecified atom stereocenters. The molecule has 1 amide bonds. The molecule has 7 nitrogen and oxygen atoms in total. The van der Waals surface area contributed by atoms with Crippen molar-refractivity contribution in [1.29, 1.82) is 0 Å². The zero-order valence-corrected chi connectivity index (χ0v) is 21.0. The quantitative estimate of drug-likeness (QED) is 0.448. The van der Waals surface area contributed by atoms with E-state index in [1.807, 2.05) is 0 Å². The highest BCUT2D eigenvalue weighted by atomic mass is 79.9. The summed E-state index contributed by atoms with van der Waals surface area (Å²) in [7, 11) is -4.03. The summed E-state index contributed by atoms with van der Waals surface area (Å²) in [6.45, 7) is 2.99. The normalized spacial score (nSPS) is 14.9. The van der Waals surface area contributed by atoms with Crippen molar-refractivity contribution in [3.8, 4) is 5.75 Å². The lowest BCUT2D eigenvalue weighted by molar-refractivity contribution is -0.135. The van der Waals surface area contributed by atoms with Gasteiger partial charge in [-0.15, -0.1) is 0 Å². The number of halogens is 3. The van der Waals surface area contributed by atoms with Gasteiger partial charge in [-0.3, -0.25) is 14.2 Å². The number of piperazine rings is 1. The van der Waals surface area contributed by atoms with Crippen molar-refractivity contribution in [2.75, 3.05) is 45.1 Å². The van der Waals surface area contributed by atoms with Crippen LogP contribution in [0.5, 0.6) is 5.75 Å². The lowest BCUT2D eigenvalue weighted by atomic mass is 10.1. The molecule has 1 N–H and O–H groups in total. The largest absolute Gasteiger partial charge is 0.483 e. The lowest BCUT2D eigenvalue weighted by Gasteiger charge is -2.34. The molecule has 2 aromatic rings. The Morgan fingerprint density at radius 3 is 2.44 bits per heavy atom. The van der Waals surface area contributed by atoms with Crippen molar-refractivity contribution >= 4 is 32.0 Å². The number of aryl methyl sites for hydroxylation is 1. The van der Waals surface area contributed by atoms with Gasteiger partial charge in [0.25, 0.3) is 16.0 Å². The molecule has 1 aliphatic rings. The van der Waals surface area contributed by atoms with Gasteiger partial charge in [0.2, 0.25) is 0 Å². The van der Waals surface area contributed by atoms with Gasteiger partial charge in [0.1, 0.15) is 5.75 Å². The predicted molar refractivity (Wildman–Crippen MR) is 127 cm³/mol. The van der Waals surface area contributed by atoms with Crippen LogP contribution in [-0.2, 0) is 27.8 Å². The second kappa shape index (κ2) is 12.1. The van der Waals surface area contributed by atoms with Crippen LogP contribution in [0.1, 0.15) is 17.5 Å². The Hall–Kier alpha value is -2.08. The first-order valence-corrected chi connectivity index (χ1v) is 13.3. The fourth-order valence-electron chi connectivity index (χ4n) is 3.76. The average molecular weight is 561 g/mol. The zero-order valence-electron chi connectivity index (χ0n) is 18.6. The molecule has 0 radical (unpaired) electrons. The average Bonchev–Trinajstić information content (AvgIpc) is 2.78. The lowest BCUT2D eigenvalue weighted by Crippen LogP contribution is -2.50. The third-order valence-electron chi connectivity index (χ3n) is 5.65. The van der Waals surface area contributed by atoms with Crippen molar-refractivity contribution in [3.63, 3.8) is 0 Å². The molecule has 1 fully saturated rings. The number of rotatable bonds is 10. The summed E-state index contributed by atoms with van der Waals surface area (Å²) < 4.78 is 63.8. The van der Waals surface area contributed by atoms with E-state index in [1.165, 1.54) is 6.07 Å². The molecule has 1 aliphatic heterocycles. The van der Waals surface area contributed by atoms with Gasteiger partial charge in [0.05, 0.1) is 5.75 Å². The van der Waals surface area contributed by atoms with Gasteiger partial charge in [-0.25, -0.2) is 8.78 Å². The molecular formula is C23H27BrF2N2O5S. The second-order valence-electron chi connectivity index (χ2n) is 8.15. The maximum atomic E-state index is 13.4. The molecule has 186 valence electrons. The number of ether oxygens (including phenoxy) is 1. The van der Waals surface area contributed by atoms with Gasteiger partial charge in [-0.2, -0.15) is 8.42 Å². The van der Waals surface area contributed by atoms with Crippen molar-refractivity contribution in [2.24, 2.45) is 0 Å². The highest BCUT2D eigenvalue weighted by Gasteiger charge is 2.22. The third kappa shape index (κ3) is 8.30. The SMILES string of the molecule is O=C(COc1ccc(Br)cc1CCCS(=O)(=O)O)N1CCN(CCc2ccc(F)c(F)c2)CC1. The first-order valence-electron chi connectivity index (χ1n) is 10.9. The van der Waals surface area contributed by atoms with Gasteiger partial charge in [-0.1, -0.05) is 22.0 Å². The summed E-state index contributed by atoms with van der Waals surface area (Å²) in [5.74, 6) is -1.70. The summed E-state index contributed by atoms with van der Waals surface area (Å²) in [4.78, 5) is 16.5. The fourth-order valence-corrected chi connectivity index (χ4v) is 4.68. The van der Waals surface area contributed by atoms with E-state index in [4.69, 9.17) is 9.29 Å². The van der Waals surface area contributed by atoms with Crippen LogP contribution in [0.2, 0.25) is 0 Å². The van der Waals surface area contributed by atoms with Gasteiger partial charge in [-0.05, 0) is 60.7 Å². The minimum absolute atomic E-state index is 0.137. The fraction of sp³-hybridized carbons (Fsp3) is 0.435. The summed E-state index contributed by atoms with van der Waals surface area (Å²) in [6, 6.07) is 9.22. The minimum Gasteiger partial charge on any atom is -0.483 e. The Morgan fingerprint density at radius 2 is 1.76 bits per heavy atom. The highest BCUT2D eigenvalue weighted by molar-refractivity contribution is 9.10. The Kier molecular flexibility index (Phi) is 9.40. The number of carbonyl (C=O) groups excluding carboxylic acids is 1. The topological polar surface area (TPSA) is 87.1 Å². The third-order valence-corrected chi connectivity index (χ3v) is 6.95. The molecule has 34 heavy (non-hydrogen) atoms. The Morgan fingerprint density at radius 1 is 1.03 bits per heavy atom. The summed E-state index contributed by atoms with van der Waals surface area (Å²) in [5.41, 5.74) is 1.47. The molecule has 0 atom stereocenters. The Balaban J connectivity index is 1.45. The summed E-state index contributed by atoms with van der Waals surface area (Å²) in [6.07, 6.45) is 1.20. The molecule has 0 aromatic heterocycles. The molecule has 0 aliphatic carbocycles. The van der Waals surface area contributed by atoms with Crippen LogP contribution in [0.15, 0.2) is 40.9 Å². The van der Waals surface area contributed by atoms with Crippen LogP contribution < -0.4 is 4.74 Å². The van der Waals surface area contributed by atoms with E-state index >= 15 is 0 Å². The maximum absolute atomic E-state index is 13.4. The van der Waals surface area contributed by atoms with Crippen LogP contribution in [0.4, 0.5) is 8.78 Å². The number of amides is 1. The molecule has 1 saturated heterocycles. The van der Waals surface area contributed by atoms with Crippen molar-refractivity contribution < 1.29 is 31.3 Å². The summed E-state index contributed by atoms with van der Waals surface area (Å²) in [5, 5.41) is 0. The first-order chi connectivity index (χ1) is 16.1. The maximum Gasteiger partial charge on any atom is 0.264 e. The van der Waals surface area contributed by atoms with Crippen LogP contribution in [-0.4, -0.2) is 73.8 Å². The molecule has 11 heteroatoms. The van der Waals surface area contributed by atoms with Crippen molar-refractivity contribution in [3.05, 3.63) is 63.6 Å². The van der Waals surface area contributed by atoms with Crippen molar-refractivity contribution in [1.82, 2.24) is 9.80 Å². The smallest absolute Gasteiger partial charge is 0.264 e. The zero-order chi connectivity index (χ0) is 24.7. The Labute approximate surface area is 206 Å². The van der Waals surface area contributed by atoms with Crippen LogP contribution in [0, 0.1) is 11.6 Å². The molecule has 0 saturated carbocycles. The number of hydrogen-bond donors (Lipinski definition) is 1. The number of carbonyl (C=O) groups is 1.